The summed E-state index contributed by atoms with van der Waals surface area (Å²) in [6.07, 6.45) is 9.70. The van der Waals surface area contributed by atoms with Gasteiger partial charge in [-0.05, 0) is 36.5 Å². The van der Waals surface area contributed by atoms with Crippen molar-refractivity contribution in [1.82, 2.24) is 14.8 Å². The molecule has 0 bridgehead atoms. The number of likely N-dealkylation sites (tertiary alicyclic amines) is 1. The van der Waals surface area contributed by atoms with Crippen LogP contribution in [0.2, 0.25) is 0 Å². The van der Waals surface area contributed by atoms with E-state index < -0.39 is 0 Å². The van der Waals surface area contributed by atoms with Gasteiger partial charge >= 0.3 is 0 Å². The maximum Gasteiger partial charge on any atom is 0.225 e. The number of carbonyl (C=O) groups is 1. The second kappa shape index (κ2) is 8.11. The van der Waals surface area contributed by atoms with E-state index in [1.807, 2.05) is 12.4 Å². The van der Waals surface area contributed by atoms with E-state index in [4.69, 9.17) is 0 Å². The van der Waals surface area contributed by atoms with Gasteiger partial charge in [-0.1, -0.05) is 33.1 Å². The molecule has 0 radical (unpaired) electrons. The Kier molecular flexibility index (Phi) is 5.88. The Balaban J connectivity index is 1.54. The first kappa shape index (κ1) is 17.4. The third kappa shape index (κ3) is 4.35. The highest BCUT2D eigenvalue weighted by Crippen LogP contribution is 2.28. The molecule has 1 aliphatic carbocycles. The van der Waals surface area contributed by atoms with Crippen LogP contribution in [0.3, 0.4) is 0 Å². The zero-order valence-electron chi connectivity index (χ0n) is 15.2. The lowest BCUT2D eigenvalue weighted by molar-refractivity contribution is -0.144. The van der Waals surface area contributed by atoms with Gasteiger partial charge in [-0.2, -0.15) is 0 Å². The molecule has 0 aromatic carbocycles. The standard InChI is InChI=1S/C20H31N3O/c1-16(2)12-22(13-17-8-10-21-11-9-17)19-14-23(15-19)20(24)18-6-4-3-5-7-18/h8-11,16,18-19H,3-7,12-15H2,1-2H3. The molecule has 1 saturated heterocycles. The maximum atomic E-state index is 12.6. The van der Waals surface area contributed by atoms with Crippen molar-refractivity contribution in [1.29, 1.82) is 0 Å². The van der Waals surface area contributed by atoms with Crippen LogP contribution in [0.1, 0.15) is 51.5 Å². The minimum Gasteiger partial charge on any atom is -0.339 e. The smallest absolute Gasteiger partial charge is 0.225 e. The summed E-state index contributed by atoms with van der Waals surface area (Å²) in [5.74, 6) is 1.35. The first-order valence-corrected chi connectivity index (χ1v) is 9.55. The molecule has 4 heteroatoms. The molecule has 0 unspecified atom stereocenters. The van der Waals surface area contributed by atoms with Crippen LogP contribution in [0.5, 0.6) is 0 Å². The van der Waals surface area contributed by atoms with Crippen molar-refractivity contribution in [2.24, 2.45) is 11.8 Å². The van der Waals surface area contributed by atoms with Crippen molar-refractivity contribution in [2.45, 2.75) is 58.5 Å². The van der Waals surface area contributed by atoms with Crippen LogP contribution < -0.4 is 0 Å². The Hall–Kier alpha value is -1.42. The van der Waals surface area contributed by atoms with Gasteiger partial charge in [0.2, 0.25) is 5.91 Å². The number of nitrogens with zero attached hydrogens (tertiary/aromatic N) is 3. The van der Waals surface area contributed by atoms with Crippen LogP contribution in [0.25, 0.3) is 0 Å². The number of carbonyl (C=O) groups excluding carboxylic acids is 1. The Bertz CT molecular complexity index is 519. The van der Waals surface area contributed by atoms with E-state index in [0.717, 1.165) is 39.0 Å². The highest BCUT2D eigenvalue weighted by Gasteiger charge is 2.37. The van der Waals surface area contributed by atoms with E-state index in [0.29, 0.717) is 23.8 Å². The summed E-state index contributed by atoms with van der Waals surface area (Å²) in [7, 11) is 0. The van der Waals surface area contributed by atoms with Gasteiger partial charge in [0.25, 0.3) is 0 Å². The molecule has 0 atom stereocenters. The summed E-state index contributed by atoms with van der Waals surface area (Å²) in [5.41, 5.74) is 1.31. The molecule has 3 rings (SSSR count). The van der Waals surface area contributed by atoms with Gasteiger partial charge in [-0.3, -0.25) is 14.7 Å². The van der Waals surface area contributed by atoms with Crippen LogP contribution in [0.4, 0.5) is 0 Å². The zero-order chi connectivity index (χ0) is 16.9. The normalized spacial score (nSPS) is 19.8. The van der Waals surface area contributed by atoms with Crippen molar-refractivity contribution in [3.63, 3.8) is 0 Å². The topological polar surface area (TPSA) is 36.4 Å². The quantitative estimate of drug-likeness (QED) is 0.803. The fourth-order valence-electron chi connectivity index (χ4n) is 4.01. The van der Waals surface area contributed by atoms with Gasteiger partial charge in [0, 0.05) is 50.5 Å². The van der Waals surface area contributed by atoms with Crippen LogP contribution in [-0.4, -0.2) is 46.4 Å². The van der Waals surface area contributed by atoms with Gasteiger partial charge in [0.1, 0.15) is 0 Å². The summed E-state index contributed by atoms with van der Waals surface area (Å²) >= 11 is 0. The lowest BCUT2D eigenvalue weighted by Gasteiger charge is -2.47. The lowest BCUT2D eigenvalue weighted by atomic mass is 9.87. The van der Waals surface area contributed by atoms with Gasteiger partial charge in [-0.25, -0.2) is 0 Å². The predicted octanol–water partition coefficient (Wildman–Crippen LogP) is 3.33. The fourth-order valence-corrected chi connectivity index (χ4v) is 4.01. The van der Waals surface area contributed by atoms with Crippen LogP contribution in [-0.2, 0) is 11.3 Å². The molecule has 4 nitrogen and oxygen atoms in total. The van der Waals surface area contributed by atoms with Gasteiger partial charge in [0.15, 0.2) is 0 Å². The summed E-state index contributed by atoms with van der Waals surface area (Å²) in [4.78, 5) is 21.4. The highest BCUT2D eigenvalue weighted by molar-refractivity contribution is 5.79. The molecule has 0 N–H and O–H groups in total. The summed E-state index contributed by atoms with van der Waals surface area (Å²) in [6, 6.07) is 4.70. The molecule has 1 aromatic rings. The monoisotopic (exact) mass is 329 g/mol. The molecule has 132 valence electrons. The van der Waals surface area contributed by atoms with E-state index >= 15 is 0 Å². The number of pyridine rings is 1. The molecule has 1 aliphatic heterocycles. The number of aromatic nitrogens is 1. The molecule has 1 saturated carbocycles. The molecule has 2 aliphatic rings. The Morgan fingerprint density at radius 3 is 2.50 bits per heavy atom. The molecule has 24 heavy (non-hydrogen) atoms. The molecule has 1 amide bonds. The Morgan fingerprint density at radius 1 is 1.21 bits per heavy atom. The average molecular weight is 329 g/mol. The van der Waals surface area contributed by atoms with Crippen molar-refractivity contribution in [3.8, 4) is 0 Å². The Labute approximate surface area is 146 Å². The summed E-state index contributed by atoms with van der Waals surface area (Å²) in [6.45, 7) is 8.39. The van der Waals surface area contributed by atoms with E-state index in [1.54, 1.807) is 0 Å². The molecule has 0 spiro atoms. The van der Waals surface area contributed by atoms with Crippen molar-refractivity contribution in [2.75, 3.05) is 19.6 Å². The Morgan fingerprint density at radius 2 is 1.88 bits per heavy atom. The fraction of sp³-hybridized carbons (Fsp3) is 0.700. The van der Waals surface area contributed by atoms with Crippen molar-refractivity contribution < 1.29 is 4.79 Å². The van der Waals surface area contributed by atoms with E-state index in [1.165, 1.54) is 24.8 Å². The van der Waals surface area contributed by atoms with E-state index in [2.05, 4.69) is 40.8 Å². The van der Waals surface area contributed by atoms with Crippen molar-refractivity contribution >= 4 is 5.91 Å². The van der Waals surface area contributed by atoms with Crippen molar-refractivity contribution in [3.05, 3.63) is 30.1 Å². The second-order valence-electron chi connectivity index (χ2n) is 7.91. The van der Waals surface area contributed by atoms with Crippen LogP contribution >= 0.6 is 0 Å². The lowest BCUT2D eigenvalue weighted by Crippen LogP contribution is -2.62. The minimum atomic E-state index is 0.304. The number of amides is 1. The largest absolute Gasteiger partial charge is 0.339 e. The molecule has 2 heterocycles. The molecule has 1 aromatic heterocycles. The van der Waals surface area contributed by atoms with Crippen LogP contribution in [0, 0.1) is 11.8 Å². The number of hydrogen-bond acceptors (Lipinski definition) is 3. The predicted molar refractivity (Wildman–Crippen MR) is 96.4 cm³/mol. The first-order valence-electron chi connectivity index (χ1n) is 9.55. The third-order valence-electron chi connectivity index (χ3n) is 5.38. The number of rotatable bonds is 6. The zero-order valence-corrected chi connectivity index (χ0v) is 15.2. The average Bonchev–Trinajstić information content (AvgIpc) is 2.54. The SMILES string of the molecule is CC(C)CN(Cc1ccncc1)C1CN(C(=O)C2CCCCC2)C1. The second-order valence-corrected chi connectivity index (χ2v) is 7.91. The van der Waals surface area contributed by atoms with Crippen LogP contribution in [0.15, 0.2) is 24.5 Å². The molecule has 2 fully saturated rings. The first-order chi connectivity index (χ1) is 11.6. The molecular weight excluding hydrogens is 298 g/mol. The van der Waals surface area contributed by atoms with Gasteiger partial charge in [-0.15, -0.1) is 0 Å². The summed E-state index contributed by atoms with van der Waals surface area (Å²) < 4.78 is 0. The third-order valence-corrected chi connectivity index (χ3v) is 5.38. The van der Waals surface area contributed by atoms with Gasteiger partial charge in [0.05, 0.1) is 0 Å². The van der Waals surface area contributed by atoms with Gasteiger partial charge < -0.3 is 4.90 Å². The maximum absolute atomic E-state index is 12.6. The highest BCUT2D eigenvalue weighted by atomic mass is 16.2. The van der Waals surface area contributed by atoms with E-state index in [9.17, 15) is 4.79 Å². The molecular formula is C20H31N3O. The summed E-state index contributed by atoms with van der Waals surface area (Å²) in [5, 5.41) is 0. The minimum absolute atomic E-state index is 0.304. The number of hydrogen-bond donors (Lipinski definition) is 0. The van der Waals surface area contributed by atoms with E-state index in [-0.39, 0.29) is 0 Å².